The van der Waals surface area contributed by atoms with E-state index >= 15 is 0 Å². The third-order valence-electron chi connectivity index (χ3n) is 4.27. The van der Waals surface area contributed by atoms with Crippen molar-refractivity contribution in [1.82, 2.24) is 19.7 Å². The zero-order valence-corrected chi connectivity index (χ0v) is 14.1. The summed E-state index contributed by atoms with van der Waals surface area (Å²) in [7, 11) is 3.50. The van der Waals surface area contributed by atoms with Crippen LogP contribution in [0.2, 0.25) is 5.02 Å². The fourth-order valence-electron chi connectivity index (χ4n) is 3.10. The molecule has 0 amide bonds. The molecule has 6 nitrogen and oxygen atoms in total. The number of hydrogen-bond donors (Lipinski definition) is 0. The lowest BCUT2D eigenvalue weighted by molar-refractivity contribution is 0.106. The van der Waals surface area contributed by atoms with Crippen molar-refractivity contribution in [3.05, 3.63) is 41.4 Å². The van der Waals surface area contributed by atoms with E-state index in [0.717, 1.165) is 30.8 Å². The molecule has 1 aromatic heterocycles. The molecule has 2 aromatic rings. The summed E-state index contributed by atoms with van der Waals surface area (Å²) in [6.45, 7) is 2.39. The summed E-state index contributed by atoms with van der Waals surface area (Å²) < 4.78 is 12.6. The van der Waals surface area contributed by atoms with E-state index < -0.39 is 0 Å². The van der Waals surface area contributed by atoms with E-state index in [1.54, 1.807) is 25.2 Å². The normalized spacial score (nSPS) is 21.9. The van der Waals surface area contributed by atoms with E-state index in [4.69, 9.17) is 21.1 Å². The standard InChI is InChI=1S/C16H21ClN4O2/c1-22-9-14-6-15(23-2)8-20(14)7-12-3-4-13(17)5-16(12)21-11-18-10-19-21/h3-5,10-11,14-15H,6-9H2,1-2H3/t14-,15-/m0/s1. The smallest absolute Gasteiger partial charge is 0.138 e. The molecule has 124 valence electrons. The average molecular weight is 337 g/mol. The van der Waals surface area contributed by atoms with Crippen LogP contribution in [0.4, 0.5) is 0 Å². The maximum absolute atomic E-state index is 6.16. The molecule has 0 bridgehead atoms. The number of ether oxygens (including phenoxy) is 2. The predicted molar refractivity (Wildman–Crippen MR) is 87.9 cm³/mol. The van der Waals surface area contributed by atoms with Crippen LogP contribution in [0.5, 0.6) is 0 Å². The molecule has 3 rings (SSSR count). The van der Waals surface area contributed by atoms with Crippen molar-refractivity contribution < 1.29 is 9.47 Å². The van der Waals surface area contributed by atoms with Gasteiger partial charge >= 0.3 is 0 Å². The van der Waals surface area contributed by atoms with Gasteiger partial charge in [-0.15, -0.1) is 0 Å². The summed E-state index contributed by atoms with van der Waals surface area (Å²) in [6.07, 6.45) is 4.44. The topological polar surface area (TPSA) is 52.4 Å². The number of hydrogen-bond acceptors (Lipinski definition) is 5. The molecule has 1 aliphatic rings. The summed E-state index contributed by atoms with van der Waals surface area (Å²) in [5.41, 5.74) is 2.10. The van der Waals surface area contributed by atoms with E-state index in [1.165, 1.54) is 6.33 Å². The number of methoxy groups -OCH3 is 2. The van der Waals surface area contributed by atoms with Gasteiger partial charge in [0.15, 0.2) is 0 Å². The second kappa shape index (κ2) is 7.40. The fourth-order valence-corrected chi connectivity index (χ4v) is 3.27. The minimum Gasteiger partial charge on any atom is -0.383 e. The van der Waals surface area contributed by atoms with Crippen molar-refractivity contribution in [1.29, 1.82) is 0 Å². The van der Waals surface area contributed by atoms with Gasteiger partial charge in [0.1, 0.15) is 12.7 Å². The maximum atomic E-state index is 6.16. The highest BCUT2D eigenvalue weighted by Crippen LogP contribution is 2.26. The molecule has 7 heteroatoms. The molecule has 0 radical (unpaired) electrons. The number of nitrogens with zero attached hydrogens (tertiary/aromatic N) is 4. The molecule has 0 saturated carbocycles. The van der Waals surface area contributed by atoms with E-state index in [9.17, 15) is 0 Å². The highest BCUT2D eigenvalue weighted by Gasteiger charge is 2.32. The Balaban J connectivity index is 1.84. The van der Waals surface area contributed by atoms with Crippen LogP contribution < -0.4 is 0 Å². The molecule has 1 fully saturated rings. The molecular weight excluding hydrogens is 316 g/mol. The minimum atomic E-state index is 0.247. The van der Waals surface area contributed by atoms with Gasteiger partial charge in [0.25, 0.3) is 0 Å². The van der Waals surface area contributed by atoms with Gasteiger partial charge in [-0.05, 0) is 24.1 Å². The maximum Gasteiger partial charge on any atom is 0.138 e. The van der Waals surface area contributed by atoms with Gasteiger partial charge in [-0.3, -0.25) is 4.90 Å². The van der Waals surface area contributed by atoms with Crippen LogP contribution in [0.25, 0.3) is 5.69 Å². The van der Waals surface area contributed by atoms with Crippen molar-refractivity contribution in [2.24, 2.45) is 0 Å². The van der Waals surface area contributed by atoms with E-state index in [1.807, 2.05) is 18.2 Å². The number of likely N-dealkylation sites (tertiary alicyclic amines) is 1. The van der Waals surface area contributed by atoms with Gasteiger partial charge in [0, 0.05) is 38.4 Å². The average Bonchev–Trinajstić information content (AvgIpc) is 3.20. The monoisotopic (exact) mass is 336 g/mol. The van der Waals surface area contributed by atoms with Crippen molar-refractivity contribution >= 4 is 11.6 Å². The van der Waals surface area contributed by atoms with E-state index in [0.29, 0.717) is 17.7 Å². The first-order chi connectivity index (χ1) is 11.2. The Hall–Kier alpha value is -1.47. The number of halogens is 1. The molecule has 0 unspecified atom stereocenters. The Bertz CT molecular complexity index is 635. The van der Waals surface area contributed by atoms with Gasteiger partial charge in [0.05, 0.1) is 18.4 Å². The van der Waals surface area contributed by atoms with Crippen LogP contribution in [0.15, 0.2) is 30.9 Å². The van der Waals surface area contributed by atoms with Crippen molar-refractivity contribution in [3.8, 4) is 5.69 Å². The van der Waals surface area contributed by atoms with Gasteiger partial charge in [0.2, 0.25) is 0 Å². The van der Waals surface area contributed by atoms with Crippen LogP contribution in [0.3, 0.4) is 0 Å². The summed E-state index contributed by atoms with van der Waals surface area (Å²) in [5.74, 6) is 0. The summed E-state index contributed by atoms with van der Waals surface area (Å²) >= 11 is 6.16. The lowest BCUT2D eigenvalue weighted by Gasteiger charge is -2.24. The second-order valence-electron chi connectivity index (χ2n) is 5.75. The molecule has 2 heterocycles. The molecule has 1 aliphatic heterocycles. The zero-order chi connectivity index (χ0) is 16.2. The minimum absolute atomic E-state index is 0.247. The first-order valence-corrected chi connectivity index (χ1v) is 7.98. The Kier molecular flexibility index (Phi) is 5.27. The Morgan fingerprint density at radius 2 is 2.22 bits per heavy atom. The first-order valence-electron chi connectivity index (χ1n) is 7.60. The van der Waals surface area contributed by atoms with E-state index in [-0.39, 0.29) is 6.10 Å². The zero-order valence-electron chi connectivity index (χ0n) is 13.4. The van der Waals surface area contributed by atoms with Crippen LogP contribution in [-0.2, 0) is 16.0 Å². The molecule has 0 aliphatic carbocycles. The summed E-state index contributed by atoms with van der Waals surface area (Å²) in [4.78, 5) is 6.42. The second-order valence-corrected chi connectivity index (χ2v) is 6.18. The first kappa shape index (κ1) is 16.4. The highest BCUT2D eigenvalue weighted by atomic mass is 35.5. The third kappa shape index (κ3) is 3.72. The Morgan fingerprint density at radius 3 is 2.91 bits per heavy atom. The van der Waals surface area contributed by atoms with Gasteiger partial charge in [-0.25, -0.2) is 9.67 Å². The van der Waals surface area contributed by atoms with Gasteiger partial charge in [-0.1, -0.05) is 17.7 Å². The molecule has 1 aromatic carbocycles. The highest BCUT2D eigenvalue weighted by molar-refractivity contribution is 6.30. The number of rotatable bonds is 6. The van der Waals surface area contributed by atoms with Crippen LogP contribution >= 0.6 is 11.6 Å². The summed E-state index contributed by atoms with van der Waals surface area (Å²) in [5, 5.41) is 4.91. The van der Waals surface area contributed by atoms with Crippen molar-refractivity contribution in [2.75, 3.05) is 27.4 Å². The quantitative estimate of drug-likeness (QED) is 0.809. The molecule has 1 saturated heterocycles. The van der Waals surface area contributed by atoms with Gasteiger partial charge in [-0.2, -0.15) is 5.10 Å². The van der Waals surface area contributed by atoms with Crippen molar-refractivity contribution in [2.45, 2.75) is 25.1 Å². The number of benzene rings is 1. The third-order valence-corrected chi connectivity index (χ3v) is 4.50. The molecule has 0 N–H and O–H groups in total. The lowest BCUT2D eigenvalue weighted by Crippen LogP contribution is -2.33. The van der Waals surface area contributed by atoms with Crippen LogP contribution in [0.1, 0.15) is 12.0 Å². The Labute approximate surface area is 141 Å². The SMILES string of the molecule is COC[C@@H]1C[C@H](OC)CN1Cc1ccc(Cl)cc1-n1cncn1. The molecule has 23 heavy (non-hydrogen) atoms. The molecule has 2 atom stereocenters. The van der Waals surface area contributed by atoms with Gasteiger partial charge < -0.3 is 9.47 Å². The fraction of sp³-hybridized carbons (Fsp3) is 0.500. The lowest BCUT2D eigenvalue weighted by atomic mass is 10.1. The number of aromatic nitrogens is 3. The molecular formula is C16H21ClN4O2. The largest absolute Gasteiger partial charge is 0.383 e. The predicted octanol–water partition coefficient (Wildman–Crippen LogP) is 2.16. The molecule has 0 spiro atoms. The van der Waals surface area contributed by atoms with E-state index in [2.05, 4.69) is 15.0 Å². The van der Waals surface area contributed by atoms with Crippen molar-refractivity contribution in [3.63, 3.8) is 0 Å². The Morgan fingerprint density at radius 1 is 1.35 bits per heavy atom. The summed E-state index contributed by atoms with van der Waals surface area (Å²) in [6, 6.07) is 6.22. The van der Waals surface area contributed by atoms with Crippen LogP contribution in [0, 0.1) is 0 Å². The van der Waals surface area contributed by atoms with Crippen LogP contribution in [-0.4, -0.2) is 59.2 Å².